The molecule has 0 saturated carbocycles. The van der Waals surface area contributed by atoms with E-state index in [2.05, 4.69) is 70.9 Å². The lowest BCUT2D eigenvalue weighted by Gasteiger charge is -2.25. The molecule has 0 radical (unpaired) electrons. The molecule has 198 valence electrons. The van der Waals surface area contributed by atoms with Crippen LogP contribution in [0.15, 0.2) is 24.5 Å². The molecule has 3 N–H and O–H groups in total. The lowest BCUT2D eigenvalue weighted by molar-refractivity contribution is 0.342. The van der Waals surface area contributed by atoms with Crippen molar-refractivity contribution in [1.82, 2.24) is 24.8 Å². The van der Waals surface area contributed by atoms with E-state index in [1.165, 1.54) is 6.33 Å². The molecule has 3 heterocycles. The van der Waals surface area contributed by atoms with Crippen molar-refractivity contribution in [2.45, 2.75) is 40.0 Å². The average molecular weight is 506 g/mol. The summed E-state index contributed by atoms with van der Waals surface area (Å²) in [6, 6.07) is 6.01. The van der Waals surface area contributed by atoms with Gasteiger partial charge in [0, 0.05) is 43.9 Å². The summed E-state index contributed by atoms with van der Waals surface area (Å²) >= 11 is 0. The summed E-state index contributed by atoms with van der Waals surface area (Å²) in [6.45, 7) is 13.5. The molecular formula is C27H39N9O. The first-order valence-electron chi connectivity index (χ1n) is 12.6. The summed E-state index contributed by atoms with van der Waals surface area (Å²) in [5.41, 5.74) is 12.9. The maximum atomic E-state index is 6.47. The summed E-state index contributed by atoms with van der Waals surface area (Å²) in [5, 5.41) is 3.31. The number of nitrogens with zero attached hydrogens (tertiary/aromatic N) is 7. The van der Waals surface area contributed by atoms with Crippen LogP contribution in [0, 0.1) is 13.8 Å². The molecule has 0 saturated heterocycles. The number of aromatic nitrogens is 4. The van der Waals surface area contributed by atoms with Gasteiger partial charge in [-0.05, 0) is 52.6 Å². The molecule has 0 aliphatic carbocycles. The third kappa shape index (κ3) is 5.53. The van der Waals surface area contributed by atoms with Crippen LogP contribution >= 0.6 is 0 Å². The second kappa shape index (κ2) is 10.4. The molecule has 0 fully saturated rings. The van der Waals surface area contributed by atoms with E-state index in [-0.39, 0.29) is 5.41 Å². The van der Waals surface area contributed by atoms with E-state index in [1.807, 2.05) is 33.0 Å². The van der Waals surface area contributed by atoms with Gasteiger partial charge in [0.1, 0.15) is 12.1 Å². The van der Waals surface area contributed by atoms with Crippen LogP contribution in [0.4, 0.5) is 34.6 Å². The highest BCUT2D eigenvalue weighted by molar-refractivity contribution is 5.79. The van der Waals surface area contributed by atoms with Gasteiger partial charge >= 0.3 is 0 Å². The number of nitrogens with one attached hydrogen (secondary N) is 1. The van der Waals surface area contributed by atoms with Gasteiger partial charge in [-0.2, -0.15) is 4.98 Å². The minimum atomic E-state index is -0.126. The minimum Gasteiger partial charge on any atom is -0.492 e. The Kier molecular flexibility index (Phi) is 7.40. The van der Waals surface area contributed by atoms with Crippen LogP contribution in [0.5, 0.6) is 5.75 Å². The van der Waals surface area contributed by atoms with Gasteiger partial charge in [-0.15, -0.1) is 0 Å². The topological polar surface area (TPSA) is 109 Å². The second-order valence-corrected chi connectivity index (χ2v) is 10.5. The van der Waals surface area contributed by atoms with Gasteiger partial charge in [0.25, 0.3) is 0 Å². The predicted octanol–water partition coefficient (Wildman–Crippen LogP) is 4.04. The maximum Gasteiger partial charge on any atom is 0.234 e. The number of rotatable bonds is 9. The van der Waals surface area contributed by atoms with Crippen molar-refractivity contribution in [3.8, 4) is 5.75 Å². The van der Waals surface area contributed by atoms with Crippen LogP contribution in [-0.4, -0.2) is 72.2 Å². The molecule has 10 heteroatoms. The van der Waals surface area contributed by atoms with Gasteiger partial charge in [-0.1, -0.05) is 13.8 Å². The lowest BCUT2D eigenvalue weighted by Crippen LogP contribution is -2.29. The number of aryl methyl sites for hydroxylation is 2. The molecule has 3 aromatic rings. The van der Waals surface area contributed by atoms with E-state index in [0.717, 1.165) is 48.0 Å². The Morgan fingerprint density at radius 3 is 2.54 bits per heavy atom. The van der Waals surface area contributed by atoms with Crippen LogP contribution in [0.2, 0.25) is 0 Å². The molecular weight excluding hydrogens is 466 g/mol. The zero-order valence-corrected chi connectivity index (χ0v) is 23.3. The van der Waals surface area contributed by atoms with Crippen LogP contribution in [0.25, 0.3) is 0 Å². The van der Waals surface area contributed by atoms with Crippen molar-refractivity contribution in [1.29, 1.82) is 0 Å². The van der Waals surface area contributed by atoms with E-state index in [1.54, 1.807) is 0 Å². The highest BCUT2D eigenvalue weighted by atomic mass is 16.5. The number of fused-ring (bicyclic) bond motifs is 1. The summed E-state index contributed by atoms with van der Waals surface area (Å²) in [4.78, 5) is 24.9. The number of ether oxygens (including phenoxy) is 1. The first-order valence-corrected chi connectivity index (χ1v) is 12.6. The van der Waals surface area contributed by atoms with Gasteiger partial charge in [0.05, 0.1) is 35.1 Å². The quantitative estimate of drug-likeness (QED) is 0.414. The van der Waals surface area contributed by atoms with E-state index < -0.39 is 0 Å². The summed E-state index contributed by atoms with van der Waals surface area (Å²) in [5.74, 6) is 1.68. The molecule has 0 atom stereocenters. The summed E-state index contributed by atoms with van der Waals surface area (Å²) < 4.78 is 5.96. The van der Waals surface area contributed by atoms with Crippen molar-refractivity contribution < 1.29 is 4.74 Å². The van der Waals surface area contributed by atoms with Gasteiger partial charge in [-0.3, -0.25) is 4.98 Å². The van der Waals surface area contributed by atoms with Gasteiger partial charge in [-0.25, -0.2) is 9.97 Å². The zero-order valence-electron chi connectivity index (χ0n) is 23.3. The standard InChI is InChI=1S/C27H39N9O/c1-9-37-23-14-21(35(8)11-10-34(6)7)19(28)13-20(23)32-25-29-16-30-26(33-25)36-15-27(4,5)24-22(36)12-17(2)18(3)31-24/h12-14,16H,9-11,15,28H2,1-8H3,(H,29,30,32,33). The Bertz CT molecular complexity index is 1270. The van der Waals surface area contributed by atoms with Gasteiger partial charge in [0.15, 0.2) is 0 Å². The molecule has 1 aliphatic rings. The zero-order chi connectivity index (χ0) is 26.9. The van der Waals surface area contributed by atoms with E-state index in [9.17, 15) is 0 Å². The number of nitrogens with two attached hydrogens (primary N) is 1. The van der Waals surface area contributed by atoms with Crippen LogP contribution < -0.4 is 25.6 Å². The van der Waals surface area contributed by atoms with Crippen molar-refractivity contribution in [3.63, 3.8) is 0 Å². The highest BCUT2D eigenvalue weighted by Crippen LogP contribution is 2.43. The Morgan fingerprint density at radius 1 is 1.08 bits per heavy atom. The van der Waals surface area contributed by atoms with Crippen molar-refractivity contribution in [3.05, 3.63) is 41.5 Å². The molecule has 0 amide bonds. The minimum absolute atomic E-state index is 0.126. The Labute approximate surface area is 219 Å². The highest BCUT2D eigenvalue weighted by Gasteiger charge is 2.39. The Balaban J connectivity index is 1.64. The fourth-order valence-electron chi connectivity index (χ4n) is 4.49. The first-order chi connectivity index (χ1) is 17.5. The number of anilines is 6. The van der Waals surface area contributed by atoms with Crippen LogP contribution in [-0.2, 0) is 5.41 Å². The summed E-state index contributed by atoms with van der Waals surface area (Å²) in [6.07, 6.45) is 1.53. The molecule has 4 rings (SSSR count). The molecule has 10 nitrogen and oxygen atoms in total. The SMILES string of the molecule is CCOc1cc(N(C)CCN(C)C)c(N)cc1Nc1ncnc(N2CC(C)(C)c3nc(C)c(C)cc32)n1. The van der Waals surface area contributed by atoms with E-state index in [0.29, 0.717) is 35.6 Å². The van der Waals surface area contributed by atoms with Gasteiger partial charge < -0.3 is 30.5 Å². The number of nitrogen functional groups attached to an aromatic ring is 1. The molecule has 1 aromatic carbocycles. The monoisotopic (exact) mass is 505 g/mol. The molecule has 37 heavy (non-hydrogen) atoms. The fraction of sp³-hybridized carbons (Fsp3) is 0.481. The van der Waals surface area contributed by atoms with Crippen LogP contribution in [0.1, 0.15) is 37.7 Å². The largest absolute Gasteiger partial charge is 0.492 e. The van der Waals surface area contributed by atoms with E-state index >= 15 is 0 Å². The lowest BCUT2D eigenvalue weighted by atomic mass is 9.91. The average Bonchev–Trinajstić information content (AvgIpc) is 3.09. The van der Waals surface area contributed by atoms with Gasteiger partial charge in [0.2, 0.25) is 11.9 Å². The fourth-order valence-corrected chi connectivity index (χ4v) is 4.49. The third-order valence-electron chi connectivity index (χ3n) is 6.70. The van der Waals surface area contributed by atoms with Crippen molar-refractivity contribution in [2.24, 2.45) is 0 Å². The van der Waals surface area contributed by atoms with Crippen molar-refractivity contribution in [2.75, 3.05) is 68.2 Å². The number of hydrogen-bond acceptors (Lipinski definition) is 10. The smallest absolute Gasteiger partial charge is 0.234 e. The second-order valence-electron chi connectivity index (χ2n) is 10.5. The number of pyridine rings is 1. The number of benzene rings is 1. The molecule has 2 aromatic heterocycles. The Morgan fingerprint density at radius 2 is 1.84 bits per heavy atom. The molecule has 0 unspecified atom stereocenters. The molecule has 1 aliphatic heterocycles. The Hall–Kier alpha value is -3.66. The predicted molar refractivity (Wildman–Crippen MR) is 151 cm³/mol. The number of hydrogen-bond donors (Lipinski definition) is 2. The van der Waals surface area contributed by atoms with Crippen LogP contribution in [0.3, 0.4) is 0 Å². The first kappa shape index (κ1) is 26.4. The summed E-state index contributed by atoms with van der Waals surface area (Å²) in [7, 11) is 6.14. The molecule has 0 spiro atoms. The maximum absolute atomic E-state index is 6.47. The normalized spacial score (nSPS) is 14.1. The number of likely N-dealkylation sites (N-methyl/N-ethyl adjacent to an activating group) is 2. The molecule has 0 bridgehead atoms. The van der Waals surface area contributed by atoms with Crippen molar-refractivity contribution >= 4 is 34.6 Å². The third-order valence-corrected chi connectivity index (χ3v) is 6.70. The van der Waals surface area contributed by atoms with E-state index in [4.69, 9.17) is 20.4 Å².